The number of esters is 1. The average Bonchev–Trinajstić information content (AvgIpc) is 3.13. The molecule has 1 fully saturated rings. The molecule has 1 saturated heterocycles. The Kier molecular flexibility index (Phi) is 5.93. The van der Waals surface area contributed by atoms with Crippen LogP contribution in [0.5, 0.6) is 0 Å². The van der Waals surface area contributed by atoms with E-state index in [4.69, 9.17) is 9.72 Å². The van der Waals surface area contributed by atoms with Crippen molar-refractivity contribution in [3.63, 3.8) is 0 Å². The molecule has 1 N–H and O–H groups in total. The van der Waals surface area contributed by atoms with E-state index in [2.05, 4.69) is 25.8 Å². The lowest BCUT2D eigenvalue weighted by Gasteiger charge is -2.24. The zero-order valence-electron chi connectivity index (χ0n) is 18.3. The molecule has 1 aliphatic heterocycles. The fourth-order valence-corrected chi connectivity index (χ4v) is 3.81. The van der Waals surface area contributed by atoms with Gasteiger partial charge in [0.1, 0.15) is 17.7 Å². The number of halogens is 1. The standard InChI is InChI=1S/C25H26FN3O3/c1-25(2,3)24-28-22(16-4-6-18(26)7-5-16)23(17-8-11-27-12-9-17)29(24)13-10-20-14-19(30)15-21(31)32-20/h4-13,19-20,30H,14-15H2,1-3H3/t19-,20-/m1/s1. The molecule has 0 unspecified atom stereocenters. The normalized spacial score (nSPS) is 19.3. The third-order valence-electron chi connectivity index (χ3n) is 5.29. The molecule has 3 aromatic rings. The largest absolute Gasteiger partial charge is 0.458 e. The molecule has 0 aliphatic carbocycles. The van der Waals surface area contributed by atoms with E-state index in [0.29, 0.717) is 12.1 Å². The highest BCUT2D eigenvalue weighted by atomic mass is 19.1. The average molecular weight is 435 g/mol. The van der Waals surface area contributed by atoms with E-state index < -0.39 is 18.2 Å². The summed E-state index contributed by atoms with van der Waals surface area (Å²) in [5, 5.41) is 9.95. The van der Waals surface area contributed by atoms with Crippen LogP contribution in [0.4, 0.5) is 4.39 Å². The van der Waals surface area contributed by atoms with Crippen molar-refractivity contribution in [2.24, 2.45) is 0 Å². The van der Waals surface area contributed by atoms with Crippen LogP contribution >= 0.6 is 0 Å². The molecule has 1 aromatic carbocycles. The minimum Gasteiger partial charge on any atom is -0.458 e. The van der Waals surface area contributed by atoms with Crippen LogP contribution in [-0.2, 0) is 14.9 Å². The number of nitrogens with zero attached hydrogens (tertiary/aromatic N) is 3. The smallest absolute Gasteiger partial charge is 0.309 e. The molecule has 0 radical (unpaired) electrons. The number of carbonyl (C=O) groups is 1. The van der Waals surface area contributed by atoms with Crippen molar-refractivity contribution in [3.05, 3.63) is 66.5 Å². The quantitative estimate of drug-likeness (QED) is 0.607. The first kappa shape index (κ1) is 21.9. The summed E-state index contributed by atoms with van der Waals surface area (Å²) in [6.45, 7) is 6.19. The number of cyclic esters (lactones) is 1. The molecule has 32 heavy (non-hydrogen) atoms. The second-order valence-corrected chi connectivity index (χ2v) is 8.96. The Bertz CT molecular complexity index is 1130. The zero-order valence-corrected chi connectivity index (χ0v) is 18.3. The van der Waals surface area contributed by atoms with Gasteiger partial charge in [-0.25, -0.2) is 9.37 Å². The van der Waals surface area contributed by atoms with Gasteiger partial charge in [-0.1, -0.05) is 20.8 Å². The molecular formula is C25H26FN3O3. The highest BCUT2D eigenvalue weighted by molar-refractivity contribution is 5.80. The maximum atomic E-state index is 13.6. The number of aromatic nitrogens is 3. The summed E-state index contributed by atoms with van der Waals surface area (Å²) in [4.78, 5) is 20.8. The van der Waals surface area contributed by atoms with Gasteiger partial charge in [0.2, 0.25) is 0 Å². The topological polar surface area (TPSA) is 77.2 Å². The van der Waals surface area contributed by atoms with E-state index in [1.807, 2.05) is 22.9 Å². The Morgan fingerprint density at radius 2 is 1.81 bits per heavy atom. The zero-order chi connectivity index (χ0) is 22.9. The maximum absolute atomic E-state index is 13.6. The van der Waals surface area contributed by atoms with Crippen molar-refractivity contribution in [1.29, 1.82) is 0 Å². The number of aliphatic hydroxyl groups excluding tert-OH is 1. The molecule has 1 aliphatic rings. The van der Waals surface area contributed by atoms with Gasteiger partial charge in [-0.3, -0.25) is 9.78 Å². The van der Waals surface area contributed by atoms with Crippen molar-refractivity contribution < 1.29 is 19.0 Å². The van der Waals surface area contributed by atoms with Gasteiger partial charge in [-0.2, -0.15) is 0 Å². The SMILES string of the molecule is CC(C)(C)c1nc(-c2ccc(F)cc2)c(-c2ccncc2)n1C=C[C@@H]1C[C@@H](O)CC(=O)O1. The summed E-state index contributed by atoms with van der Waals surface area (Å²) in [6, 6.07) is 10.0. The van der Waals surface area contributed by atoms with Crippen LogP contribution in [0.15, 0.2) is 54.9 Å². The molecule has 166 valence electrons. The summed E-state index contributed by atoms with van der Waals surface area (Å²) < 4.78 is 20.9. The lowest BCUT2D eigenvalue weighted by atomic mass is 9.95. The third-order valence-corrected chi connectivity index (χ3v) is 5.29. The summed E-state index contributed by atoms with van der Waals surface area (Å²) in [6.07, 6.45) is 6.15. The van der Waals surface area contributed by atoms with Gasteiger partial charge in [0.25, 0.3) is 0 Å². The van der Waals surface area contributed by atoms with Crippen molar-refractivity contribution in [2.75, 3.05) is 0 Å². The number of hydrogen-bond acceptors (Lipinski definition) is 5. The molecule has 6 nitrogen and oxygen atoms in total. The number of ether oxygens (including phenoxy) is 1. The van der Waals surface area contributed by atoms with E-state index in [1.54, 1.807) is 30.6 Å². The van der Waals surface area contributed by atoms with Gasteiger partial charge in [0.15, 0.2) is 0 Å². The van der Waals surface area contributed by atoms with Crippen molar-refractivity contribution in [1.82, 2.24) is 14.5 Å². The molecule has 2 atom stereocenters. The highest BCUT2D eigenvalue weighted by Crippen LogP contribution is 2.37. The van der Waals surface area contributed by atoms with Crippen molar-refractivity contribution >= 4 is 12.2 Å². The molecule has 3 heterocycles. The summed E-state index contributed by atoms with van der Waals surface area (Å²) in [7, 11) is 0. The predicted molar refractivity (Wildman–Crippen MR) is 120 cm³/mol. The van der Waals surface area contributed by atoms with E-state index >= 15 is 0 Å². The van der Waals surface area contributed by atoms with Crippen molar-refractivity contribution in [2.45, 2.75) is 51.2 Å². The third kappa shape index (κ3) is 4.62. The Hall–Kier alpha value is -3.32. The van der Waals surface area contributed by atoms with E-state index in [1.165, 1.54) is 12.1 Å². The van der Waals surface area contributed by atoms with Crippen LogP contribution in [0.3, 0.4) is 0 Å². The van der Waals surface area contributed by atoms with E-state index in [0.717, 1.165) is 22.6 Å². The highest BCUT2D eigenvalue weighted by Gasteiger charge is 2.28. The number of benzene rings is 1. The van der Waals surface area contributed by atoms with Crippen LogP contribution in [0.1, 0.15) is 39.4 Å². The van der Waals surface area contributed by atoms with Gasteiger partial charge in [-0.05, 0) is 42.5 Å². The number of aliphatic hydroxyl groups is 1. The fourth-order valence-electron chi connectivity index (χ4n) is 3.81. The second-order valence-electron chi connectivity index (χ2n) is 8.96. The number of carbonyl (C=O) groups excluding carboxylic acids is 1. The summed E-state index contributed by atoms with van der Waals surface area (Å²) in [5.41, 5.74) is 2.91. The van der Waals surface area contributed by atoms with Crippen LogP contribution in [0, 0.1) is 5.82 Å². The number of hydrogen-bond donors (Lipinski definition) is 1. The Balaban J connectivity index is 1.89. The van der Waals surface area contributed by atoms with Crippen LogP contribution in [-0.4, -0.2) is 37.8 Å². The fraction of sp³-hybridized carbons (Fsp3) is 0.320. The van der Waals surface area contributed by atoms with E-state index in [-0.39, 0.29) is 17.7 Å². The first-order valence-electron chi connectivity index (χ1n) is 10.6. The molecule has 0 spiro atoms. The Morgan fingerprint density at radius 3 is 2.44 bits per heavy atom. The predicted octanol–water partition coefficient (Wildman–Crippen LogP) is 4.59. The number of pyridine rings is 1. The van der Waals surface area contributed by atoms with Gasteiger partial charge in [-0.15, -0.1) is 0 Å². The molecule has 2 aromatic heterocycles. The van der Waals surface area contributed by atoms with Crippen LogP contribution in [0.2, 0.25) is 0 Å². The minimum atomic E-state index is -0.717. The second kappa shape index (κ2) is 8.67. The van der Waals surface area contributed by atoms with E-state index in [9.17, 15) is 14.3 Å². The van der Waals surface area contributed by atoms with Crippen LogP contribution in [0.25, 0.3) is 28.7 Å². The van der Waals surface area contributed by atoms with Gasteiger partial charge in [0.05, 0.1) is 23.9 Å². The molecule has 0 amide bonds. The van der Waals surface area contributed by atoms with Crippen LogP contribution < -0.4 is 0 Å². The van der Waals surface area contributed by atoms with Gasteiger partial charge in [0, 0.05) is 41.6 Å². The van der Waals surface area contributed by atoms with Crippen molar-refractivity contribution in [3.8, 4) is 22.5 Å². The summed E-state index contributed by atoms with van der Waals surface area (Å²) >= 11 is 0. The van der Waals surface area contributed by atoms with Gasteiger partial charge < -0.3 is 14.4 Å². The number of rotatable bonds is 4. The first-order valence-corrected chi connectivity index (χ1v) is 10.6. The minimum absolute atomic E-state index is 0.0135. The lowest BCUT2D eigenvalue weighted by molar-refractivity contribution is -0.156. The summed E-state index contributed by atoms with van der Waals surface area (Å²) in [5.74, 6) is 0.0660. The Morgan fingerprint density at radius 1 is 1.12 bits per heavy atom. The van der Waals surface area contributed by atoms with Gasteiger partial charge >= 0.3 is 5.97 Å². The maximum Gasteiger partial charge on any atom is 0.309 e. The first-order chi connectivity index (χ1) is 15.2. The monoisotopic (exact) mass is 435 g/mol. The molecule has 4 rings (SSSR count). The molecule has 0 saturated carbocycles. The Labute approximate surface area is 186 Å². The molecular weight excluding hydrogens is 409 g/mol. The number of imidazole rings is 1. The lowest BCUT2D eigenvalue weighted by Crippen LogP contribution is -2.31. The molecule has 7 heteroatoms. The molecule has 0 bridgehead atoms.